The summed E-state index contributed by atoms with van der Waals surface area (Å²) in [5.74, 6) is -1.34. The molecule has 2 N–H and O–H groups in total. The van der Waals surface area contributed by atoms with E-state index in [1.165, 1.54) is 12.1 Å². The molecule has 0 unspecified atom stereocenters. The number of para-hydroxylation sites is 1. The van der Waals surface area contributed by atoms with Gasteiger partial charge in [-0.3, -0.25) is 4.79 Å². The number of halogens is 1. The van der Waals surface area contributed by atoms with Crippen molar-refractivity contribution in [3.63, 3.8) is 0 Å². The third-order valence-electron chi connectivity index (χ3n) is 5.37. The van der Waals surface area contributed by atoms with E-state index in [1.807, 2.05) is 28.8 Å². The van der Waals surface area contributed by atoms with Gasteiger partial charge >= 0.3 is 35.5 Å². The molecular weight excluding hydrogens is 418 g/mol. The van der Waals surface area contributed by atoms with Crippen LogP contribution in [0.3, 0.4) is 0 Å². The van der Waals surface area contributed by atoms with Crippen molar-refractivity contribution in [2.75, 3.05) is 0 Å². The van der Waals surface area contributed by atoms with Crippen LogP contribution in [0.15, 0.2) is 53.4 Å². The van der Waals surface area contributed by atoms with Crippen molar-refractivity contribution in [2.24, 2.45) is 0 Å². The topological polar surface area (TPSA) is 88.4 Å². The molecule has 4 rings (SSSR count). The molecule has 30 heavy (non-hydrogen) atoms. The molecule has 0 fully saturated rings. The molecule has 154 valence electrons. The van der Waals surface area contributed by atoms with Gasteiger partial charge in [0, 0.05) is 29.2 Å². The zero-order valence-electron chi connectivity index (χ0n) is 15.6. The van der Waals surface area contributed by atoms with Crippen LogP contribution in [0.25, 0.3) is 10.9 Å². The van der Waals surface area contributed by atoms with Gasteiger partial charge in [-0.1, -0.05) is 18.2 Å². The number of carboxylic acid groups (broad SMARTS) is 1. The van der Waals surface area contributed by atoms with Crippen molar-refractivity contribution >= 4 is 56.5 Å². The number of carboxylic acids is 1. The number of hydrogen-bond acceptors (Lipinski definition) is 3. The Labute approximate surface area is 196 Å². The summed E-state index contributed by atoms with van der Waals surface area (Å²) < 4.78 is 43.2. The number of aliphatic carboxylic acids is 1. The van der Waals surface area contributed by atoms with Gasteiger partial charge < -0.3 is 9.67 Å². The van der Waals surface area contributed by atoms with Gasteiger partial charge in [-0.2, -0.15) is 0 Å². The number of fused-ring (bicyclic) bond motifs is 3. The summed E-state index contributed by atoms with van der Waals surface area (Å²) in [7, 11) is -3.75. The molecule has 1 aromatic heterocycles. The van der Waals surface area contributed by atoms with Crippen LogP contribution in [0.5, 0.6) is 0 Å². The Kier molecular flexibility index (Phi) is 7.04. The number of carbonyl (C=O) groups is 1. The van der Waals surface area contributed by atoms with Crippen molar-refractivity contribution in [3.05, 3.63) is 65.6 Å². The third kappa shape index (κ3) is 4.63. The fourth-order valence-corrected chi connectivity index (χ4v) is 5.34. The van der Waals surface area contributed by atoms with Crippen molar-refractivity contribution in [1.29, 1.82) is 0 Å². The molecule has 1 aliphatic carbocycles. The summed E-state index contributed by atoms with van der Waals surface area (Å²) in [5.41, 5.74) is 3.11. The third-order valence-corrected chi connectivity index (χ3v) is 6.91. The normalized spacial score (nSPS) is 16.1. The molecule has 9 heteroatoms. The number of aryl methyl sites for hydroxylation is 1. The van der Waals surface area contributed by atoms with Gasteiger partial charge in [0.1, 0.15) is 5.82 Å². The Morgan fingerprint density at radius 3 is 2.57 bits per heavy atom. The number of aromatic nitrogens is 1. The van der Waals surface area contributed by atoms with Crippen molar-refractivity contribution in [1.82, 2.24) is 9.29 Å². The van der Waals surface area contributed by atoms with Crippen LogP contribution < -0.4 is 4.72 Å². The van der Waals surface area contributed by atoms with Crippen molar-refractivity contribution in [2.45, 2.75) is 43.2 Å². The van der Waals surface area contributed by atoms with E-state index in [1.54, 1.807) is 0 Å². The first-order valence-electron chi connectivity index (χ1n) is 9.44. The van der Waals surface area contributed by atoms with Crippen molar-refractivity contribution in [3.8, 4) is 0 Å². The Morgan fingerprint density at radius 2 is 1.87 bits per heavy atom. The molecule has 0 amide bonds. The number of nitrogens with zero attached hydrogens (tertiary/aromatic N) is 1. The fraction of sp³-hybridized carbons (Fsp3) is 0.286. The van der Waals surface area contributed by atoms with E-state index in [-0.39, 0.29) is 46.9 Å². The molecule has 3 aromatic rings. The molecule has 1 heterocycles. The monoisotopic (exact) mass is 440 g/mol. The summed E-state index contributed by atoms with van der Waals surface area (Å²) in [5, 5.41) is 10.1. The molecule has 0 aliphatic heterocycles. The van der Waals surface area contributed by atoms with Gasteiger partial charge in [0.25, 0.3) is 0 Å². The number of sulfonamides is 1. The summed E-state index contributed by atoms with van der Waals surface area (Å²) in [6.07, 6.45) is 1.82. The van der Waals surface area contributed by atoms with Crippen LogP contribution in [-0.4, -0.2) is 59.7 Å². The molecule has 0 saturated carbocycles. The van der Waals surface area contributed by atoms with Crippen LogP contribution in [-0.2, 0) is 34.2 Å². The number of benzene rings is 2. The van der Waals surface area contributed by atoms with Gasteiger partial charge in [-0.15, -0.1) is 0 Å². The van der Waals surface area contributed by atoms with Gasteiger partial charge in [0.05, 0.1) is 11.3 Å². The molecule has 1 aliphatic rings. The van der Waals surface area contributed by atoms with Crippen LogP contribution in [0.1, 0.15) is 24.1 Å². The minimum absolute atomic E-state index is 0. The van der Waals surface area contributed by atoms with Crippen LogP contribution in [0.4, 0.5) is 4.39 Å². The average Bonchev–Trinajstić information content (AvgIpc) is 2.99. The van der Waals surface area contributed by atoms with Crippen LogP contribution in [0, 0.1) is 5.82 Å². The molecule has 0 bridgehead atoms. The van der Waals surface area contributed by atoms with E-state index in [0.717, 1.165) is 34.3 Å². The standard InChI is InChI=1S/C21H21FN2O4S.Na.H/c22-14-5-8-16(9-6-14)29(27,28)23-15-7-10-20-18(13-15)17-3-1-2-4-19(17)24(20)12-11-21(25)26;;/h1-6,8-9,15,23H,7,10-13H2,(H,25,26);;/t15-;;/m1../s1. The molecule has 1 atom stereocenters. The van der Waals surface area contributed by atoms with Gasteiger partial charge in [0.2, 0.25) is 10.0 Å². The van der Waals surface area contributed by atoms with Gasteiger partial charge in [0.15, 0.2) is 0 Å². The number of nitrogens with one attached hydrogen (secondary N) is 1. The van der Waals surface area contributed by atoms with E-state index in [2.05, 4.69) is 4.72 Å². The molecule has 2 aromatic carbocycles. The van der Waals surface area contributed by atoms with E-state index in [9.17, 15) is 17.6 Å². The SMILES string of the molecule is O=C(O)CCn1c2c(c3ccccc31)C[C@H](NS(=O)(=O)c1ccc(F)cc1)CC2.[NaH]. The quantitative estimate of drug-likeness (QED) is 0.577. The summed E-state index contributed by atoms with van der Waals surface area (Å²) in [6, 6.07) is 12.3. The van der Waals surface area contributed by atoms with Gasteiger partial charge in [-0.25, -0.2) is 17.5 Å². The second-order valence-electron chi connectivity index (χ2n) is 7.25. The zero-order valence-corrected chi connectivity index (χ0v) is 16.5. The number of hydrogen-bond donors (Lipinski definition) is 2. The van der Waals surface area contributed by atoms with Gasteiger partial charge in [-0.05, 0) is 55.2 Å². The second kappa shape index (κ2) is 9.20. The molecule has 0 saturated heterocycles. The van der Waals surface area contributed by atoms with Crippen LogP contribution in [0.2, 0.25) is 0 Å². The van der Waals surface area contributed by atoms with E-state index < -0.39 is 21.8 Å². The van der Waals surface area contributed by atoms with Crippen LogP contribution >= 0.6 is 0 Å². The maximum absolute atomic E-state index is 13.1. The average molecular weight is 440 g/mol. The predicted molar refractivity (Wildman–Crippen MR) is 114 cm³/mol. The second-order valence-corrected chi connectivity index (χ2v) is 8.97. The summed E-state index contributed by atoms with van der Waals surface area (Å²) in [4.78, 5) is 11.1. The Hall–Kier alpha value is -1.71. The van der Waals surface area contributed by atoms with Crippen molar-refractivity contribution < 1.29 is 22.7 Å². The maximum atomic E-state index is 13.1. The molecule has 0 spiro atoms. The zero-order chi connectivity index (χ0) is 20.6. The van der Waals surface area contributed by atoms with E-state index in [0.29, 0.717) is 25.8 Å². The summed E-state index contributed by atoms with van der Waals surface area (Å²) >= 11 is 0. The molecular formula is C21H22FN2NaO4S. The number of rotatable bonds is 6. The van der Waals surface area contributed by atoms with E-state index >= 15 is 0 Å². The summed E-state index contributed by atoms with van der Waals surface area (Å²) in [6.45, 7) is 0.386. The Morgan fingerprint density at radius 1 is 1.17 bits per heavy atom. The molecule has 6 nitrogen and oxygen atoms in total. The first-order chi connectivity index (χ1) is 13.8. The molecule has 0 radical (unpaired) electrons. The van der Waals surface area contributed by atoms with E-state index in [4.69, 9.17) is 5.11 Å². The first kappa shape index (κ1) is 23.0. The predicted octanol–water partition coefficient (Wildman–Crippen LogP) is 2.44. The minimum atomic E-state index is -3.75. The Bertz CT molecular complexity index is 1180. The first-order valence-corrected chi connectivity index (χ1v) is 10.9. The fourth-order valence-electron chi connectivity index (χ4n) is 4.07. The Balaban J connectivity index is 0.00000256.